The SMILES string of the molecule is C=CC(=O)N1CCN(c2nc(OCC3CN(C(=O)C4CCN(Cc5ccc(N(C(=N)c6cc(C(C)C)c(O)cc6O)C(N)=O)cc5)CC4)C3)nc3c2CCN(c2cccc4cccc(Cl)c24)C3)C[C@@H]1CC#N. The molecule has 4 amide bonds. The van der Waals surface area contributed by atoms with E-state index >= 15 is 0 Å². The van der Waals surface area contributed by atoms with Crippen molar-refractivity contribution in [1.82, 2.24) is 24.7 Å². The van der Waals surface area contributed by atoms with Gasteiger partial charge in [0.1, 0.15) is 23.2 Å². The summed E-state index contributed by atoms with van der Waals surface area (Å²) in [6.07, 6.45) is 3.61. The van der Waals surface area contributed by atoms with E-state index in [4.69, 9.17) is 37.4 Å². The van der Waals surface area contributed by atoms with Gasteiger partial charge in [-0.25, -0.2) is 9.69 Å². The van der Waals surface area contributed by atoms with Crippen LogP contribution in [0, 0.1) is 28.6 Å². The van der Waals surface area contributed by atoms with Crippen molar-refractivity contribution in [1.29, 1.82) is 10.7 Å². The van der Waals surface area contributed by atoms with Crippen LogP contribution in [0.25, 0.3) is 10.8 Å². The molecule has 9 rings (SSSR count). The maximum atomic E-state index is 13.7. The lowest BCUT2D eigenvalue weighted by atomic mass is 9.91. The van der Waals surface area contributed by atoms with Gasteiger partial charge in [0.2, 0.25) is 11.8 Å². The van der Waals surface area contributed by atoms with Crippen LogP contribution in [0.2, 0.25) is 5.02 Å². The van der Waals surface area contributed by atoms with Gasteiger partial charge < -0.3 is 40.3 Å². The van der Waals surface area contributed by atoms with Gasteiger partial charge in [-0.15, -0.1) is 0 Å². The zero-order chi connectivity index (χ0) is 50.8. The maximum Gasteiger partial charge on any atom is 0.325 e. The summed E-state index contributed by atoms with van der Waals surface area (Å²) in [7, 11) is 0. The Morgan fingerprint density at radius 2 is 1.71 bits per heavy atom. The number of benzene rings is 4. The third kappa shape index (κ3) is 10.2. The van der Waals surface area contributed by atoms with E-state index in [1.165, 1.54) is 18.2 Å². The van der Waals surface area contributed by atoms with Crippen LogP contribution < -0.4 is 25.2 Å². The predicted octanol–water partition coefficient (Wildman–Crippen LogP) is 7.16. The third-order valence-electron chi connectivity index (χ3n) is 14.5. The number of aromatic nitrogens is 2. The number of nitrogens with zero attached hydrogens (tertiary/aromatic N) is 9. The Morgan fingerprint density at radius 3 is 2.40 bits per heavy atom. The summed E-state index contributed by atoms with van der Waals surface area (Å²) in [6, 6.07) is 23.3. The Kier molecular flexibility index (Phi) is 14.5. The Morgan fingerprint density at radius 1 is 0.972 bits per heavy atom. The van der Waals surface area contributed by atoms with Crippen molar-refractivity contribution < 1.29 is 29.3 Å². The zero-order valence-electron chi connectivity index (χ0n) is 40.6. The number of fused-ring (bicyclic) bond motifs is 2. The Labute approximate surface area is 424 Å². The first-order valence-corrected chi connectivity index (χ1v) is 24.9. The number of ether oxygens (including phenoxy) is 1. The number of rotatable bonds is 13. The number of amides is 4. The summed E-state index contributed by atoms with van der Waals surface area (Å²) in [4.78, 5) is 60.6. The fraction of sp³-hybridized carbons (Fsp3) is 0.389. The van der Waals surface area contributed by atoms with Gasteiger partial charge in [-0.2, -0.15) is 15.2 Å². The number of nitrogens with one attached hydrogen (secondary N) is 1. The average molecular weight is 995 g/mol. The van der Waals surface area contributed by atoms with E-state index in [1.807, 2.05) is 49.1 Å². The number of primary amides is 1. The number of halogens is 1. The monoisotopic (exact) mass is 993 g/mol. The molecule has 1 aromatic heterocycles. The molecule has 4 aromatic carbocycles. The van der Waals surface area contributed by atoms with Gasteiger partial charge in [0.25, 0.3) is 0 Å². The average Bonchev–Trinajstić information content (AvgIpc) is 3.35. The number of carbonyl (C=O) groups excluding carboxylic acids is 3. The van der Waals surface area contributed by atoms with Crippen LogP contribution in [0.5, 0.6) is 17.5 Å². The molecule has 72 heavy (non-hydrogen) atoms. The van der Waals surface area contributed by atoms with Gasteiger partial charge in [-0.1, -0.05) is 68.4 Å². The van der Waals surface area contributed by atoms with Gasteiger partial charge in [0.05, 0.1) is 53.7 Å². The molecule has 0 spiro atoms. The molecule has 3 saturated heterocycles. The van der Waals surface area contributed by atoms with Gasteiger partial charge >= 0.3 is 12.0 Å². The standard InChI is InChI=1S/C54H60ClN11O6/c1-4-48(69)65-24-23-63(30-39(65)15-19-56)51-40-18-22-62(45-10-6-8-36-7-5-9-43(55)49(36)45)31-44(40)59-54(60-51)72-32-35-28-64(29-35)52(70)37-16-20-61(21-17-37)27-34-11-13-38(14-12-34)66(53(58)71)50(57)42-25-41(33(2)3)46(67)26-47(42)68/h4-14,25-26,33,35,37,39,57,67-68H,1,15-18,20-24,27-32H2,2-3H3,(H2,58,71)/t39-/m0/s1. The van der Waals surface area contributed by atoms with E-state index in [0.717, 1.165) is 69.9 Å². The van der Waals surface area contributed by atoms with Crippen molar-refractivity contribution in [3.63, 3.8) is 0 Å². The Bertz CT molecular complexity index is 2940. The number of hydrogen-bond donors (Lipinski definition) is 4. The van der Waals surface area contributed by atoms with Crippen LogP contribution in [0.3, 0.4) is 0 Å². The molecule has 5 aromatic rings. The van der Waals surface area contributed by atoms with Crippen LogP contribution in [-0.2, 0) is 29.1 Å². The topological polar surface area (TPSA) is 220 Å². The number of phenols is 2. The van der Waals surface area contributed by atoms with Crippen molar-refractivity contribution in [3.8, 4) is 23.6 Å². The molecule has 374 valence electrons. The van der Waals surface area contributed by atoms with E-state index in [2.05, 4.69) is 45.5 Å². The number of carbonyl (C=O) groups is 3. The number of phenolic OH excluding ortho intramolecular Hbond substituents is 2. The van der Waals surface area contributed by atoms with E-state index < -0.39 is 6.03 Å². The fourth-order valence-electron chi connectivity index (χ4n) is 10.6. The number of piperidine rings is 1. The first-order valence-electron chi connectivity index (χ1n) is 24.5. The number of aromatic hydroxyl groups is 2. The third-order valence-corrected chi connectivity index (χ3v) is 14.8. The number of nitriles is 1. The highest BCUT2D eigenvalue weighted by molar-refractivity contribution is 6.36. The maximum absolute atomic E-state index is 13.7. The van der Waals surface area contributed by atoms with E-state index in [-0.39, 0.29) is 70.9 Å². The summed E-state index contributed by atoms with van der Waals surface area (Å²) in [5, 5.41) is 42.1. The second-order valence-corrected chi connectivity index (χ2v) is 19.9. The van der Waals surface area contributed by atoms with Crippen LogP contribution in [0.1, 0.15) is 67.0 Å². The quantitative estimate of drug-likeness (QED) is 0.0525. The smallest absolute Gasteiger partial charge is 0.325 e. The Balaban J connectivity index is 0.809. The summed E-state index contributed by atoms with van der Waals surface area (Å²) >= 11 is 6.78. The zero-order valence-corrected chi connectivity index (χ0v) is 41.4. The molecular weight excluding hydrogens is 934 g/mol. The normalized spacial score (nSPS) is 17.6. The molecule has 0 unspecified atom stereocenters. The molecule has 5 N–H and O–H groups in total. The molecule has 0 saturated carbocycles. The van der Waals surface area contributed by atoms with Crippen LogP contribution in [-0.4, -0.2) is 124 Å². The lowest BCUT2D eigenvalue weighted by molar-refractivity contribution is -0.144. The second-order valence-electron chi connectivity index (χ2n) is 19.5. The number of urea groups is 1. The Hall–Kier alpha value is -7.42. The van der Waals surface area contributed by atoms with Gasteiger partial charge in [-0.3, -0.25) is 19.9 Å². The number of likely N-dealkylation sites (tertiary alicyclic amines) is 2. The van der Waals surface area contributed by atoms with Crippen LogP contribution in [0.15, 0.2) is 85.5 Å². The molecular formula is C54H60ClN11O6. The highest BCUT2D eigenvalue weighted by Crippen LogP contribution is 2.38. The lowest BCUT2D eigenvalue weighted by Crippen LogP contribution is -2.55. The number of hydrogen-bond acceptors (Lipinski definition) is 13. The highest BCUT2D eigenvalue weighted by Gasteiger charge is 2.38. The number of anilines is 3. The lowest BCUT2D eigenvalue weighted by Gasteiger charge is -2.43. The summed E-state index contributed by atoms with van der Waals surface area (Å²) < 4.78 is 6.40. The number of piperazine rings is 1. The molecule has 0 radical (unpaired) electrons. The first kappa shape index (κ1) is 49.6. The van der Waals surface area contributed by atoms with Gasteiger partial charge in [0, 0.05) is 80.4 Å². The van der Waals surface area contributed by atoms with E-state index in [9.17, 15) is 29.9 Å². The minimum Gasteiger partial charge on any atom is -0.508 e. The van der Waals surface area contributed by atoms with Crippen molar-refractivity contribution >= 4 is 63.2 Å². The summed E-state index contributed by atoms with van der Waals surface area (Å²) in [5.74, 6) is -0.0696. The molecule has 1 atom stereocenters. The van der Waals surface area contributed by atoms with Crippen molar-refractivity contribution in [3.05, 3.63) is 118 Å². The van der Waals surface area contributed by atoms with Gasteiger partial charge in [-0.05, 0) is 91.2 Å². The molecule has 5 heterocycles. The van der Waals surface area contributed by atoms with Crippen molar-refractivity contribution in [2.75, 3.05) is 73.7 Å². The second kappa shape index (κ2) is 21.1. The number of nitrogens with two attached hydrogens (primary N) is 1. The van der Waals surface area contributed by atoms with Crippen LogP contribution in [0.4, 0.5) is 22.0 Å². The molecule has 4 aliphatic rings. The molecule has 18 heteroatoms. The minimum atomic E-state index is -0.883. The van der Waals surface area contributed by atoms with Gasteiger partial charge in [0.15, 0.2) is 0 Å². The highest BCUT2D eigenvalue weighted by atomic mass is 35.5. The predicted molar refractivity (Wildman–Crippen MR) is 277 cm³/mol. The van der Waals surface area contributed by atoms with E-state index in [0.29, 0.717) is 81.7 Å². The summed E-state index contributed by atoms with van der Waals surface area (Å²) in [5.41, 5.74) is 10.6. The van der Waals surface area contributed by atoms with Crippen molar-refractivity contribution in [2.24, 2.45) is 17.6 Å². The largest absolute Gasteiger partial charge is 0.508 e. The fourth-order valence-corrected chi connectivity index (χ4v) is 10.9. The van der Waals surface area contributed by atoms with Crippen LogP contribution >= 0.6 is 11.6 Å². The van der Waals surface area contributed by atoms with Crippen molar-refractivity contribution in [2.45, 2.75) is 64.6 Å². The first-order chi connectivity index (χ1) is 34.7. The summed E-state index contributed by atoms with van der Waals surface area (Å²) in [6.45, 7) is 13.7. The van der Waals surface area contributed by atoms with E-state index in [1.54, 1.807) is 17.0 Å². The molecule has 0 bridgehead atoms. The molecule has 17 nitrogen and oxygen atoms in total. The molecule has 4 aliphatic heterocycles. The number of amidine groups is 1. The molecule has 0 aliphatic carbocycles. The minimum absolute atomic E-state index is 0.0734. The molecule has 3 fully saturated rings.